The lowest BCUT2D eigenvalue weighted by atomic mass is 9.92. The molecule has 1 aliphatic rings. The van der Waals surface area contributed by atoms with Crippen LogP contribution in [0.1, 0.15) is 174 Å². The summed E-state index contributed by atoms with van der Waals surface area (Å²) in [5, 5.41) is 32.7. The van der Waals surface area contributed by atoms with Crippen molar-refractivity contribution >= 4 is 5.91 Å². The summed E-state index contributed by atoms with van der Waals surface area (Å²) in [6, 6.07) is 0. The Balaban J connectivity index is 2.35. The molecular weight excluding hydrogens is 548 g/mol. The molecule has 0 heterocycles. The summed E-state index contributed by atoms with van der Waals surface area (Å²) in [5.74, 6) is -0.239. The van der Waals surface area contributed by atoms with Crippen molar-refractivity contribution in [2.24, 2.45) is 0 Å². The van der Waals surface area contributed by atoms with E-state index in [9.17, 15) is 20.1 Å². The third-order valence-electron chi connectivity index (χ3n) is 9.88. The third kappa shape index (κ3) is 21.0. The fourth-order valence-corrected chi connectivity index (χ4v) is 6.67. The normalized spacial score (nSPS) is 18.9. The van der Waals surface area contributed by atoms with Gasteiger partial charge in [-0.1, -0.05) is 142 Å². The van der Waals surface area contributed by atoms with Crippen LogP contribution in [0.25, 0.3) is 0 Å². The van der Waals surface area contributed by atoms with Gasteiger partial charge in [0.2, 0.25) is 5.91 Å². The Kier molecular flexibility index (Phi) is 25.4. The molecule has 0 unspecified atom stereocenters. The lowest BCUT2D eigenvalue weighted by Crippen LogP contribution is -2.50. The average molecular weight is 624 g/mol. The van der Waals surface area contributed by atoms with Crippen molar-refractivity contribution in [3.8, 4) is 0 Å². The maximum atomic E-state index is 12.7. The molecule has 0 radical (unpaired) electrons. The smallest absolute Gasteiger partial charge is 0.247 e. The van der Waals surface area contributed by atoms with Gasteiger partial charge in [0.05, 0.1) is 39.3 Å². The minimum atomic E-state index is -1.22. The predicted molar refractivity (Wildman–Crippen MR) is 187 cm³/mol. The van der Waals surface area contributed by atoms with Crippen LogP contribution in [0.3, 0.4) is 0 Å². The van der Waals surface area contributed by atoms with Gasteiger partial charge in [-0.2, -0.15) is 0 Å². The number of hydrogen-bond acceptors (Lipinski definition) is 4. The summed E-state index contributed by atoms with van der Waals surface area (Å²) in [6.45, 7) is 8.33. The van der Waals surface area contributed by atoms with Crippen molar-refractivity contribution in [1.29, 1.82) is 0 Å². The van der Waals surface area contributed by atoms with Gasteiger partial charge in [-0.25, -0.2) is 0 Å². The Hall–Kier alpha value is -0.950. The van der Waals surface area contributed by atoms with Crippen LogP contribution in [-0.2, 0) is 4.79 Å². The van der Waals surface area contributed by atoms with E-state index in [4.69, 9.17) is 0 Å². The number of unbranched alkanes of at least 4 members (excludes halogenated alkanes) is 22. The maximum absolute atomic E-state index is 12.7. The van der Waals surface area contributed by atoms with E-state index in [2.05, 4.69) is 26.2 Å². The molecule has 0 fully saturated rings. The molecule has 0 bridgehead atoms. The molecule has 3 atom stereocenters. The Morgan fingerprint density at radius 3 is 1.36 bits per heavy atom. The van der Waals surface area contributed by atoms with Crippen LogP contribution in [0.2, 0.25) is 0 Å². The van der Waals surface area contributed by atoms with Gasteiger partial charge < -0.3 is 25.1 Å². The van der Waals surface area contributed by atoms with E-state index in [1.54, 1.807) is 0 Å². The zero-order chi connectivity index (χ0) is 32.3. The third-order valence-corrected chi connectivity index (χ3v) is 9.88. The number of hydrogen-bond donors (Lipinski definition) is 4. The number of aliphatic hydroxyl groups excluding tert-OH is 3. The fraction of sp³-hybridized carbons (Fsp3) is 0.921. The standard InChI is InChI=1S/C38H74N2O4/c1-4-6-8-10-12-14-16-18-20-22-24-26-29-40(3,30-27-25-23-21-19-17-15-13-11-9-7-5-2)31-28-39-38(44)34-32-35(41)37(43)36(42)33-34/h32,35-37,41-43H,4-31,33H2,1-3H3/p+1/t35-,36-,37-/m1/s1. The first-order valence-electron chi connectivity index (χ1n) is 19.2. The van der Waals surface area contributed by atoms with E-state index in [0.717, 1.165) is 24.1 Å². The van der Waals surface area contributed by atoms with Crippen LogP contribution in [0.15, 0.2) is 11.6 Å². The monoisotopic (exact) mass is 624 g/mol. The highest BCUT2D eigenvalue weighted by Crippen LogP contribution is 2.20. The molecule has 0 spiro atoms. The molecular formula is C38H75N2O4+. The van der Waals surface area contributed by atoms with Crippen molar-refractivity contribution < 1.29 is 24.6 Å². The lowest BCUT2D eigenvalue weighted by molar-refractivity contribution is -0.908. The molecule has 6 nitrogen and oxygen atoms in total. The topological polar surface area (TPSA) is 89.8 Å². The van der Waals surface area contributed by atoms with Gasteiger partial charge in [-0.3, -0.25) is 4.79 Å². The first-order valence-corrected chi connectivity index (χ1v) is 19.2. The lowest BCUT2D eigenvalue weighted by Gasteiger charge is -2.35. The number of nitrogens with zero attached hydrogens (tertiary/aromatic N) is 1. The molecule has 6 heteroatoms. The number of carbonyl (C=O) groups is 1. The largest absolute Gasteiger partial charge is 0.390 e. The van der Waals surface area contributed by atoms with Crippen molar-refractivity contribution in [3.05, 3.63) is 11.6 Å². The number of rotatable bonds is 30. The quantitative estimate of drug-likeness (QED) is 0.0478. The van der Waals surface area contributed by atoms with Crippen molar-refractivity contribution in [3.63, 3.8) is 0 Å². The van der Waals surface area contributed by atoms with Crippen LogP contribution in [-0.4, -0.2) is 77.2 Å². The summed E-state index contributed by atoms with van der Waals surface area (Å²) in [7, 11) is 2.35. The van der Waals surface area contributed by atoms with Crippen molar-refractivity contribution in [1.82, 2.24) is 5.32 Å². The van der Waals surface area contributed by atoms with Crippen LogP contribution >= 0.6 is 0 Å². The fourth-order valence-electron chi connectivity index (χ4n) is 6.67. The minimum absolute atomic E-state index is 0.0773. The number of likely N-dealkylation sites (N-methyl/N-ethyl adjacent to an activating group) is 1. The minimum Gasteiger partial charge on any atom is -0.390 e. The van der Waals surface area contributed by atoms with Crippen LogP contribution in [0.5, 0.6) is 0 Å². The summed E-state index contributed by atoms with van der Waals surface area (Å²) in [5.41, 5.74) is 0.367. The first-order chi connectivity index (χ1) is 21.3. The van der Waals surface area contributed by atoms with Gasteiger partial charge in [-0.15, -0.1) is 0 Å². The van der Waals surface area contributed by atoms with Crippen molar-refractivity contribution in [2.75, 3.05) is 33.2 Å². The number of carbonyl (C=O) groups excluding carboxylic acids is 1. The predicted octanol–water partition coefficient (Wildman–Crippen LogP) is 8.36. The molecule has 0 aromatic rings. The Morgan fingerprint density at radius 1 is 0.636 bits per heavy atom. The van der Waals surface area contributed by atoms with Gasteiger partial charge in [0.15, 0.2) is 0 Å². The molecule has 0 saturated heterocycles. The van der Waals surface area contributed by atoms with E-state index >= 15 is 0 Å². The van der Waals surface area contributed by atoms with E-state index in [1.807, 2.05) is 0 Å². The molecule has 0 aliphatic heterocycles. The number of amides is 1. The second kappa shape index (κ2) is 27.2. The highest BCUT2D eigenvalue weighted by Gasteiger charge is 2.31. The zero-order valence-electron chi connectivity index (χ0n) is 29.5. The van der Waals surface area contributed by atoms with Gasteiger partial charge in [0, 0.05) is 12.0 Å². The van der Waals surface area contributed by atoms with Crippen LogP contribution in [0.4, 0.5) is 0 Å². The molecule has 1 amide bonds. The molecule has 1 aliphatic carbocycles. The Labute approximate surface area is 273 Å². The molecule has 260 valence electrons. The molecule has 0 aromatic carbocycles. The summed E-state index contributed by atoms with van der Waals surface area (Å²) >= 11 is 0. The van der Waals surface area contributed by atoms with Crippen LogP contribution < -0.4 is 5.32 Å². The second-order valence-electron chi connectivity index (χ2n) is 14.3. The van der Waals surface area contributed by atoms with Gasteiger partial charge in [0.25, 0.3) is 0 Å². The van der Waals surface area contributed by atoms with Crippen LogP contribution in [0, 0.1) is 0 Å². The molecule has 4 N–H and O–H groups in total. The average Bonchev–Trinajstić information content (AvgIpc) is 3.00. The van der Waals surface area contributed by atoms with Crippen molar-refractivity contribution in [2.45, 2.75) is 193 Å². The van der Waals surface area contributed by atoms with E-state index < -0.39 is 18.3 Å². The summed E-state index contributed by atoms with van der Waals surface area (Å²) in [6.07, 6.45) is 30.6. The zero-order valence-corrected chi connectivity index (χ0v) is 29.5. The maximum Gasteiger partial charge on any atom is 0.247 e. The molecule has 0 aromatic heterocycles. The molecule has 44 heavy (non-hydrogen) atoms. The summed E-state index contributed by atoms with van der Waals surface area (Å²) < 4.78 is 0.985. The SMILES string of the molecule is CCCCCCCCCCCCCC[N+](C)(CCCCCCCCCCCCCC)CCNC(=O)C1=C[C@@H](O)[C@@H](O)[C@H](O)C1. The number of nitrogens with one attached hydrogen (secondary N) is 1. The van der Waals surface area contributed by atoms with Gasteiger partial charge in [0.1, 0.15) is 12.2 Å². The second-order valence-corrected chi connectivity index (χ2v) is 14.3. The molecule has 0 saturated carbocycles. The first kappa shape index (κ1) is 41.1. The Morgan fingerprint density at radius 2 is 1.00 bits per heavy atom. The van der Waals surface area contributed by atoms with E-state index in [1.165, 1.54) is 160 Å². The highest BCUT2D eigenvalue weighted by molar-refractivity contribution is 5.93. The van der Waals surface area contributed by atoms with E-state index in [0.29, 0.717) is 12.1 Å². The highest BCUT2D eigenvalue weighted by atomic mass is 16.4. The summed E-state index contributed by atoms with van der Waals surface area (Å²) in [4.78, 5) is 12.7. The van der Waals surface area contributed by atoms with Gasteiger partial charge >= 0.3 is 0 Å². The van der Waals surface area contributed by atoms with E-state index in [-0.39, 0.29) is 12.3 Å². The molecule has 1 rings (SSSR count). The number of aliphatic hydroxyl groups is 3. The number of quaternary nitrogens is 1. The van der Waals surface area contributed by atoms with Gasteiger partial charge in [-0.05, 0) is 31.8 Å². The Bertz CT molecular complexity index is 685.